The van der Waals surface area contributed by atoms with Crippen LogP contribution in [0.1, 0.15) is 51.9 Å². The van der Waals surface area contributed by atoms with Crippen LogP contribution in [0.15, 0.2) is 0 Å². The van der Waals surface area contributed by atoms with E-state index in [1.807, 2.05) is 4.90 Å². The number of hydrogen-bond donors (Lipinski definition) is 1. The molecule has 1 aliphatic carbocycles. The number of nitrogens with one attached hydrogen (secondary N) is 1. The lowest BCUT2D eigenvalue weighted by atomic mass is 10.1. The fourth-order valence-corrected chi connectivity index (χ4v) is 3.24. The van der Waals surface area contributed by atoms with Crippen LogP contribution >= 0.6 is 0 Å². The molecule has 4 nitrogen and oxygen atoms in total. The van der Waals surface area contributed by atoms with Gasteiger partial charge in [-0.25, -0.2) is 0 Å². The van der Waals surface area contributed by atoms with Crippen molar-refractivity contribution in [3.8, 4) is 0 Å². The molecule has 1 saturated carbocycles. The molecule has 0 aromatic rings. The lowest BCUT2D eigenvalue weighted by molar-refractivity contribution is -0.129. The molecule has 110 valence electrons. The van der Waals surface area contributed by atoms with Gasteiger partial charge < -0.3 is 9.80 Å². The highest BCUT2D eigenvalue weighted by atomic mass is 16.2. The monoisotopic (exact) mass is 267 g/mol. The van der Waals surface area contributed by atoms with Crippen LogP contribution in [0.5, 0.6) is 0 Å². The molecule has 1 heterocycles. The Labute approximate surface area is 117 Å². The van der Waals surface area contributed by atoms with Crippen molar-refractivity contribution in [3.63, 3.8) is 0 Å². The first kappa shape index (κ1) is 14.8. The third-order valence-electron chi connectivity index (χ3n) is 4.66. The Morgan fingerprint density at radius 3 is 2.79 bits per heavy atom. The highest BCUT2D eigenvalue weighted by Gasteiger charge is 2.30. The van der Waals surface area contributed by atoms with E-state index in [0.717, 1.165) is 45.1 Å². The second kappa shape index (κ2) is 7.25. The van der Waals surface area contributed by atoms with Gasteiger partial charge in [-0.3, -0.25) is 10.1 Å². The minimum absolute atomic E-state index is 0.0803. The fourth-order valence-electron chi connectivity index (χ4n) is 3.24. The fraction of sp³-hybridized carbons (Fsp3) is 0.933. The smallest absolute Gasteiger partial charge is 0.240 e. The van der Waals surface area contributed by atoms with Gasteiger partial charge in [0.05, 0.1) is 12.7 Å². The molecule has 0 bridgehead atoms. The van der Waals surface area contributed by atoms with Crippen molar-refractivity contribution >= 4 is 5.91 Å². The van der Waals surface area contributed by atoms with Gasteiger partial charge in [-0.05, 0) is 26.3 Å². The summed E-state index contributed by atoms with van der Waals surface area (Å²) in [6.07, 6.45) is 8.71. The zero-order valence-electron chi connectivity index (χ0n) is 12.5. The van der Waals surface area contributed by atoms with Crippen molar-refractivity contribution in [2.24, 2.45) is 0 Å². The van der Waals surface area contributed by atoms with E-state index in [2.05, 4.69) is 24.2 Å². The number of rotatable bonds is 7. The highest BCUT2D eigenvalue weighted by molar-refractivity contribution is 5.83. The Bertz CT molecular complexity index is 289. The molecule has 2 rings (SSSR count). The van der Waals surface area contributed by atoms with Crippen molar-refractivity contribution in [1.29, 1.82) is 0 Å². The van der Waals surface area contributed by atoms with Crippen LogP contribution in [0.2, 0.25) is 0 Å². The average molecular weight is 267 g/mol. The number of amides is 1. The molecule has 1 saturated heterocycles. The van der Waals surface area contributed by atoms with Crippen LogP contribution in [0.3, 0.4) is 0 Å². The Hall–Kier alpha value is -0.610. The van der Waals surface area contributed by atoms with E-state index in [1.165, 1.54) is 25.7 Å². The maximum Gasteiger partial charge on any atom is 0.240 e. The van der Waals surface area contributed by atoms with Gasteiger partial charge in [0.1, 0.15) is 0 Å². The van der Waals surface area contributed by atoms with Crippen molar-refractivity contribution in [2.45, 2.75) is 64.0 Å². The Balaban J connectivity index is 1.70. The molecule has 19 heavy (non-hydrogen) atoms. The van der Waals surface area contributed by atoms with Gasteiger partial charge in [-0.1, -0.05) is 32.6 Å². The van der Waals surface area contributed by atoms with Crippen LogP contribution in [0, 0.1) is 0 Å². The third-order valence-corrected chi connectivity index (χ3v) is 4.66. The van der Waals surface area contributed by atoms with Gasteiger partial charge in [0.2, 0.25) is 5.91 Å². The summed E-state index contributed by atoms with van der Waals surface area (Å²) in [6.45, 7) is 4.81. The van der Waals surface area contributed by atoms with E-state index in [-0.39, 0.29) is 6.04 Å². The van der Waals surface area contributed by atoms with Gasteiger partial charge in [-0.15, -0.1) is 0 Å². The highest BCUT2D eigenvalue weighted by Crippen LogP contribution is 2.22. The third kappa shape index (κ3) is 3.93. The second-order valence-electron chi connectivity index (χ2n) is 6.08. The molecule has 4 heteroatoms. The molecular weight excluding hydrogens is 238 g/mol. The normalized spacial score (nSPS) is 24.9. The zero-order chi connectivity index (χ0) is 13.7. The summed E-state index contributed by atoms with van der Waals surface area (Å²) in [4.78, 5) is 16.6. The van der Waals surface area contributed by atoms with E-state index in [0.29, 0.717) is 5.91 Å². The minimum atomic E-state index is 0.0803. The first-order valence-electron chi connectivity index (χ1n) is 7.94. The zero-order valence-corrected chi connectivity index (χ0v) is 12.5. The van der Waals surface area contributed by atoms with E-state index in [9.17, 15) is 4.79 Å². The Morgan fingerprint density at radius 2 is 2.11 bits per heavy atom. The largest absolute Gasteiger partial charge is 0.327 e. The maximum absolute atomic E-state index is 12.2. The van der Waals surface area contributed by atoms with Crippen molar-refractivity contribution in [3.05, 3.63) is 0 Å². The van der Waals surface area contributed by atoms with Crippen LogP contribution < -0.4 is 5.32 Å². The molecule has 0 spiro atoms. The molecule has 0 aromatic carbocycles. The van der Waals surface area contributed by atoms with E-state index >= 15 is 0 Å². The lowest BCUT2D eigenvalue weighted by Crippen LogP contribution is -2.39. The van der Waals surface area contributed by atoms with Crippen LogP contribution in [-0.2, 0) is 4.79 Å². The predicted octanol–water partition coefficient (Wildman–Crippen LogP) is 1.81. The van der Waals surface area contributed by atoms with Crippen LogP contribution in [-0.4, -0.2) is 54.6 Å². The molecule has 1 amide bonds. The average Bonchev–Trinajstić information content (AvgIpc) is 3.04. The number of nitrogens with zero attached hydrogens (tertiary/aromatic N) is 2. The number of carbonyl (C=O) groups is 1. The summed E-state index contributed by atoms with van der Waals surface area (Å²) < 4.78 is 0. The SMILES string of the molecule is CCCCC1NCN(CCN(C)C2CCCC2)C1=O. The van der Waals surface area contributed by atoms with Crippen molar-refractivity contribution < 1.29 is 4.79 Å². The lowest BCUT2D eigenvalue weighted by Gasteiger charge is -2.26. The van der Waals surface area contributed by atoms with E-state index in [1.54, 1.807) is 0 Å². The molecule has 2 fully saturated rings. The van der Waals surface area contributed by atoms with Crippen LogP contribution in [0.4, 0.5) is 0 Å². The van der Waals surface area contributed by atoms with E-state index < -0.39 is 0 Å². The quantitative estimate of drug-likeness (QED) is 0.764. The number of carbonyl (C=O) groups excluding carboxylic acids is 1. The molecule has 0 aromatic heterocycles. The maximum atomic E-state index is 12.2. The van der Waals surface area contributed by atoms with Gasteiger partial charge in [-0.2, -0.15) is 0 Å². The molecule has 1 N–H and O–H groups in total. The first-order chi connectivity index (χ1) is 9.22. The molecule has 0 radical (unpaired) electrons. The van der Waals surface area contributed by atoms with Gasteiger partial charge in [0.15, 0.2) is 0 Å². The Kier molecular flexibility index (Phi) is 5.64. The summed E-state index contributed by atoms with van der Waals surface area (Å²) in [5.74, 6) is 0.313. The summed E-state index contributed by atoms with van der Waals surface area (Å²) >= 11 is 0. The second-order valence-corrected chi connectivity index (χ2v) is 6.08. The number of unbranched alkanes of at least 4 members (excludes halogenated alkanes) is 1. The summed E-state index contributed by atoms with van der Waals surface area (Å²) in [6, 6.07) is 0.832. The van der Waals surface area contributed by atoms with Crippen molar-refractivity contribution in [2.75, 3.05) is 26.8 Å². The number of hydrogen-bond acceptors (Lipinski definition) is 3. The summed E-state index contributed by atoms with van der Waals surface area (Å²) in [5.41, 5.74) is 0. The van der Waals surface area contributed by atoms with Gasteiger partial charge in [0, 0.05) is 19.1 Å². The summed E-state index contributed by atoms with van der Waals surface area (Å²) in [5, 5.41) is 3.34. The van der Waals surface area contributed by atoms with Gasteiger partial charge >= 0.3 is 0 Å². The molecule has 1 aliphatic heterocycles. The molecule has 1 unspecified atom stereocenters. The molecular formula is C15H29N3O. The van der Waals surface area contributed by atoms with Gasteiger partial charge in [0.25, 0.3) is 0 Å². The van der Waals surface area contributed by atoms with Crippen LogP contribution in [0.25, 0.3) is 0 Å². The summed E-state index contributed by atoms with van der Waals surface area (Å²) in [7, 11) is 2.21. The Morgan fingerprint density at radius 1 is 1.37 bits per heavy atom. The number of likely N-dealkylation sites (N-methyl/N-ethyl adjacent to an activating group) is 1. The van der Waals surface area contributed by atoms with E-state index in [4.69, 9.17) is 0 Å². The topological polar surface area (TPSA) is 35.6 Å². The standard InChI is InChI=1S/C15H29N3O/c1-3-4-9-14-15(19)18(12-16-14)11-10-17(2)13-7-5-6-8-13/h13-14,16H,3-12H2,1-2H3. The first-order valence-corrected chi connectivity index (χ1v) is 7.94. The van der Waals surface area contributed by atoms with Crippen molar-refractivity contribution in [1.82, 2.24) is 15.1 Å². The predicted molar refractivity (Wildman–Crippen MR) is 77.9 cm³/mol. The molecule has 2 aliphatic rings. The minimum Gasteiger partial charge on any atom is -0.327 e. The molecule has 1 atom stereocenters.